The fourth-order valence-corrected chi connectivity index (χ4v) is 3.08. The van der Waals surface area contributed by atoms with Gasteiger partial charge in [-0.15, -0.1) is 0 Å². The zero-order valence-electron chi connectivity index (χ0n) is 14.4. The van der Waals surface area contributed by atoms with E-state index in [4.69, 9.17) is 16.3 Å². The van der Waals surface area contributed by atoms with Crippen molar-refractivity contribution in [1.82, 2.24) is 19.9 Å². The lowest BCUT2D eigenvalue weighted by Crippen LogP contribution is -2.32. The fourth-order valence-electron chi connectivity index (χ4n) is 2.85. The maximum absolute atomic E-state index is 6.18. The topological polar surface area (TPSA) is 79.3 Å². The summed E-state index contributed by atoms with van der Waals surface area (Å²) >= 11 is 6.18. The van der Waals surface area contributed by atoms with Crippen LogP contribution in [0.15, 0.2) is 18.6 Å². The minimum atomic E-state index is 0.432. The van der Waals surface area contributed by atoms with Gasteiger partial charge in [0.1, 0.15) is 12.0 Å². The Hall–Kier alpha value is -2.35. The van der Waals surface area contributed by atoms with Crippen molar-refractivity contribution in [2.45, 2.75) is 13.3 Å². The molecule has 0 amide bonds. The first-order valence-corrected chi connectivity index (χ1v) is 8.74. The van der Waals surface area contributed by atoms with Crippen LogP contribution in [0.1, 0.15) is 13.3 Å². The van der Waals surface area contributed by atoms with Gasteiger partial charge in [0.05, 0.1) is 6.61 Å². The third-order valence-corrected chi connectivity index (χ3v) is 4.31. The number of nitrogens with zero attached hydrogens (tertiary/aromatic N) is 6. The Morgan fingerprint density at radius 2 is 1.96 bits per heavy atom. The number of hydrogen-bond donors (Lipinski definition) is 1. The summed E-state index contributed by atoms with van der Waals surface area (Å²) in [5.41, 5.74) is 0.757. The Bertz CT molecular complexity index is 715. The highest BCUT2D eigenvalue weighted by molar-refractivity contribution is 6.32. The predicted octanol–water partition coefficient (Wildman–Crippen LogP) is 2.08. The fraction of sp³-hybridized carbons (Fsp3) is 0.500. The first-order valence-electron chi connectivity index (χ1n) is 8.37. The molecule has 0 spiro atoms. The third-order valence-electron chi connectivity index (χ3n) is 4.02. The van der Waals surface area contributed by atoms with E-state index < -0.39 is 0 Å². The molecule has 25 heavy (non-hydrogen) atoms. The molecule has 0 bridgehead atoms. The van der Waals surface area contributed by atoms with Crippen LogP contribution in [0, 0.1) is 0 Å². The highest BCUT2D eigenvalue weighted by Crippen LogP contribution is 2.29. The number of halogens is 1. The van der Waals surface area contributed by atoms with Crippen LogP contribution in [0.5, 0.6) is 5.88 Å². The second-order valence-corrected chi connectivity index (χ2v) is 5.93. The Morgan fingerprint density at radius 3 is 2.76 bits per heavy atom. The Balaban J connectivity index is 1.75. The van der Waals surface area contributed by atoms with Crippen molar-refractivity contribution in [2.24, 2.45) is 0 Å². The van der Waals surface area contributed by atoms with E-state index >= 15 is 0 Å². The van der Waals surface area contributed by atoms with Crippen LogP contribution < -0.4 is 19.9 Å². The summed E-state index contributed by atoms with van der Waals surface area (Å²) < 4.78 is 5.47. The molecule has 0 saturated carbocycles. The molecule has 0 radical (unpaired) electrons. The van der Waals surface area contributed by atoms with Crippen LogP contribution in [0.4, 0.5) is 17.5 Å². The zero-order valence-corrected chi connectivity index (χ0v) is 15.2. The predicted molar refractivity (Wildman–Crippen MR) is 98.8 cm³/mol. The van der Waals surface area contributed by atoms with E-state index in [2.05, 4.69) is 35.1 Å². The molecule has 1 N–H and O–H groups in total. The van der Waals surface area contributed by atoms with Crippen LogP contribution in [0.25, 0.3) is 0 Å². The molecule has 0 aromatic carbocycles. The summed E-state index contributed by atoms with van der Waals surface area (Å²) in [5.74, 6) is 2.13. The molecule has 2 aromatic rings. The van der Waals surface area contributed by atoms with E-state index in [1.54, 1.807) is 12.3 Å². The smallest absolute Gasteiger partial charge is 0.228 e. The molecule has 3 rings (SSSR count). The Morgan fingerprint density at radius 1 is 1.16 bits per heavy atom. The molecule has 8 nitrogen and oxygen atoms in total. The first kappa shape index (κ1) is 17.5. The average molecular weight is 364 g/mol. The van der Waals surface area contributed by atoms with Crippen LogP contribution in [0.2, 0.25) is 5.15 Å². The molecular formula is C16H22ClN7O. The summed E-state index contributed by atoms with van der Waals surface area (Å²) in [6, 6.07) is 1.78. The van der Waals surface area contributed by atoms with Crippen molar-refractivity contribution < 1.29 is 4.74 Å². The van der Waals surface area contributed by atoms with E-state index in [-0.39, 0.29) is 0 Å². The second-order valence-electron chi connectivity index (χ2n) is 5.57. The van der Waals surface area contributed by atoms with Gasteiger partial charge < -0.3 is 19.9 Å². The molecule has 9 heteroatoms. The average Bonchev–Trinajstić information content (AvgIpc) is 2.88. The molecule has 1 aliphatic heterocycles. The maximum atomic E-state index is 6.18. The normalized spacial score (nSPS) is 15.0. The van der Waals surface area contributed by atoms with Crippen LogP contribution in [-0.2, 0) is 0 Å². The summed E-state index contributed by atoms with van der Waals surface area (Å²) in [4.78, 5) is 21.7. The Kier molecular flexibility index (Phi) is 5.70. The SMILES string of the molecule is CCOc1ccnc(N2CCCN(c3ncnc(Cl)c3NC)CC2)n1. The standard InChI is InChI=1S/C16H22ClN7O/c1-3-25-12-5-6-19-16(22-12)24-8-4-7-23(9-10-24)15-13(18-2)14(17)20-11-21-15/h5-6,11,18H,3-4,7-10H2,1-2H3. The van der Waals surface area contributed by atoms with Gasteiger partial charge in [0, 0.05) is 45.5 Å². The van der Waals surface area contributed by atoms with Crippen molar-refractivity contribution >= 4 is 29.1 Å². The molecule has 1 saturated heterocycles. The van der Waals surface area contributed by atoms with Crippen molar-refractivity contribution in [2.75, 3.05) is 55.0 Å². The van der Waals surface area contributed by atoms with Crippen molar-refractivity contribution in [3.8, 4) is 5.88 Å². The van der Waals surface area contributed by atoms with E-state index in [9.17, 15) is 0 Å². The number of ether oxygens (including phenoxy) is 1. The van der Waals surface area contributed by atoms with E-state index in [0.29, 0.717) is 23.6 Å². The monoisotopic (exact) mass is 363 g/mol. The largest absolute Gasteiger partial charge is 0.478 e. The summed E-state index contributed by atoms with van der Waals surface area (Å²) in [6.07, 6.45) is 4.20. The molecule has 1 fully saturated rings. The van der Waals surface area contributed by atoms with Crippen LogP contribution >= 0.6 is 11.6 Å². The highest BCUT2D eigenvalue weighted by Gasteiger charge is 2.21. The van der Waals surface area contributed by atoms with E-state index in [1.807, 2.05) is 14.0 Å². The Labute approximate surface area is 152 Å². The van der Waals surface area contributed by atoms with Crippen molar-refractivity contribution in [1.29, 1.82) is 0 Å². The van der Waals surface area contributed by atoms with Gasteiger partial charge in [-0.3, -0.25) is 0 Å². The third kappa shape index (κ3) is 4.01. The summed E-state index contributed by atoms with van der Waals surface area (Å²) in [5, 5.41) is 3.52. The molecule has 3 heterocycles. The van der Waals surface area contributed by atoms with E-state index in [0.717, 1.165) is 44.1 Å². The maximum Gasteiger partial charge on any atom is 0.228 e. The molecule has 0 atom stereocenters. The molecule has 1 aliphatic rings. The van der Waals surface area contributed by atoms with Gasteiger partial charge in [-0.05, 0) is 13.3 Å². The van der Waals surface area contributed by atoms with Gasteiger partial charge in [0.2, 0.25) is 11.8 Å². The minimum Gasteiger partial charge on any atom is -0.478 e. The second kappa shape index (κ2) is 8.15. The van der Waals surface area contributed by atoms with Gasteiger partial charge in [0.15, 0.2) is 11.0 Å². The molecular weight excluding hydrogens is 342 g/mol. The van der Waals surface area contributed by atoms with Gasteiger partial charge in [-0.1, -0.05) is 11.6 Å². The zero-order chi connectivity index (χ0) is 17.6. The lowest BCUT2D eigenvalue weighted by molar-refractivity contribution is 0.326. The number of aromatic nitrogens is 4. The number of hydrogen-bond acceptors (Lipinski definition) is 8. The minimum absolute atomic E-state index is 0.432. The van der Waals surface area contributed by atoms with Crippen molar-refractivity contribution in [3.63, 3.8) is 0 Å². The van der Waals surface area contributed by atoms with Gasteiger partial charge in [-0.25, -0.2) is 15.0 Å². The molecule has 0 unspecified atom stereocenters. The lowest BCUT2D eigenvalue weighted by atomic mass is 10.3. The van der Waals surface area contributed by atoms with Gasteiger partial charge in [-0.2, -0.15) is 4.98 Å². The quantitative estimate of drug-likeness (QED) is 0.809. The number of rotatable bonds is 5. The van der Waals surface area contributed by atoms with E-state index in [1.165, 1.54) is 6.33 Å². The number of anilines is 3. The number of nitrogens with one attached hydrogen (secondary N) is 1. The molecule has 2 aromatic heterocycles. The van der Waals surface area contributed by atoms with Gasteiger partial charge >= 0.3 is 0 Å². The molecule has 134 valence electrons. The highest BCUT2D eigenvalue weighted by atomic mass is 35.5. The summed E-state index contributed by atoms with van der Waals surface area (Å²) in [7, 11) is 1.82. The lowest BCUT2D eigenvalue weighted by Gasteiger charge is -2.24. The summed E-state index contributed by atoms with van der Waals surface area (Å²) in [6.45, 7) is 5.87. The first-order chi connectivity index (χ1) is 12.2. The molecule has 0 aliphatic carbocycles. The van der Waals surface area contributed by atoms with Gasteiger partial charge in [0.25, 0.3) is 0 Å². The van der Waals surface area contributed by atoms with Crippen molar-refractivity contribution in [3.05, 3.63) is 23.7 Å². The van der Waals surface area contributed by atoms with Crippen LogP contribution in [0.3, 0.4) is 0 Å². The van der Waals surface area contributed by atoms with Crippen LogP contribution in [-0.4, -0.2) is 59.8 Å².